The minimum Gasteiger partial charge on any atom is -0.388 e. The summed E-state index contributed by atoms with van der Waals surface area (Å²) in [6, 6.07) is 5.63. The first-order valence-electron chi connectivity index (χ1n) is 5.68. The van der Waals surface area contributed by atoms with Gasteiger partial charge in [-0.05, 0) is 30.4 Å². The number of ketones is 1. The van der Waals surface area contributed by atoms with Crippen LogP contribution in [-0.2, 0) is 6.42 Å². The topological polar surface area (TPSA) is 37.3 Å². The lowest BCUT2D eigenvalue weighted by atomic mass is 9.97. The zero-order valence-electron chi connectivity index (χ0n) is 9.28. The summed E-state index contributed by atoms with van der Waals surface area (Å²) in [5, 5.41) is 9.74. The van der Waals surface area contributed by atoms with Gasteiger partial charge in [0.2, 0.25) is 0 Å². The Morgan fingerprint density at radius 2 is 2.38 bits per heavy atom. The number of fused-ring (bicyclic) bond motifs is 1. The highest BCUT2D eigenvalue weighted by Gasteiger charge is 2.24. The van der Waals surface area contributed by atoms with Gasteiger partial charge in [-0.1, -0.05) is 24.3 Å². The van der Waals surface area contributed by atoms with Crippen LogP contribution < -0.4 is 0 Å². The molecular weight excluding hydrogens is 200 g/mol. The Kier molecular flexibility index (Phi) is 3.20. The van der Waals surface area contributed by atoms with E-state index in [0.29, 0.717) is 12.8 Å². The minimum atomic E-state index is -0.387. The smallest absolute Gasteiger partial charge is 0.163 e. The molecule has 2 nitrogen and oxygen atoms in total. The quantitative estimate of drug-likeness (QED) is 0.620. The van der Waals surface area contributed by atoms with Crippen LogP contribution in [0.5, 0.6) is 0 Å². The Balaban J connectivity index is 2.29. The molecule has 0 saturated heterocycles. The first-order chi connectivity index (χ1) is 7.74. The molecule has 1 aliphatic rings. The van der Waals surface area contributed by atoms with Crippen LogP contribution in [0.3, 0.4) is 0 Å². The Bertz CT molecular complexity index is 421. The van der Waals surface area contributed by atoms with Crippen molar-refractivity contribution >= 4 is 5.78 Å². The summed E-state index contributed by atoms with van der Waals surface area (Å²) < 4.78 is 0. The van der Waals surface area contributed by atoms with Gasteiger partial charge in [-0.15, -0.1) is 6.58 Å². The summed E-state index contributed by atoms with van der Waals surface area (Å²) in [6.45, 7) is 3.62. The standard InChI is InChI=1S/C14H16O2/c1-2-3-7-13(15)11-5-4-6-12-10(11)8-9-14(12)16/h2,4-6,14,16H,1,3,7-9H2/t14-/m0/s1. The Morgan fingerprint density at radius 3 is 3.12 bits per heavy atom. The van der Waals surface area contributed by atoms with Crippen LogP contribution in [-0.4, -0.2) is 10.9 Å². The molecule has 16 heavy (non-hydrogen) atoms. The maximum absolute atomic E-state index is 11.9. The van der Waals surface area contributed by atoms with Crippen LogP contribution in [0.15, 0.2) is 30.9 Å². The van der Waals surface area contributed by atoms with Crippen molar-refractivity contribution in [2.24, 2.45) is 0 Å². The van der Waals surface area contributed by atoms with E-state index in [0.717, 1.165) is 29.5 Å². The number of aliphatic hydroxyl groups is 1. The van der Waals surface area contributed by atoms with Gasteiger partial charge in [-0.25, -0.2) is 0 Å². The van der Waals surface area contributed by atoms with E-state index in [4.69, 9.17) is 0 Å². The van der Waals surface area contributed by atoms with Crippen molar-refractivity contribution in [2.75, 3.05) is 0 Å². The maximum atomic E-state index is 11.9. The highest BCUT2D eigenvalue weighted by atomic mass is 16.3. The predicted octanol–water partition coefficient (Wildman–Crippen LogP) is 2.82. The largest absolute Gasteiger partial charge is 0.388 e. The summed E-state index contributed by atoms with van der Waals surface area (Å²) in [7, 11) is 0. The minimum absolute atomic E-state index is 0.158. The third-order valence-electron chi connectivity index (χ3n) is 3.11. The van der Waals surface area contributed by atoms with E-state index in [2.05, 4.69) is 6.58 Å². The first-order valence-corrected chi connectivity index (χ1v) is 5.68. The third kappa shape index (κ3) is 1.93. The lowest BCUT2D eigenvalue weighted by Crippen LogP contribution is -2.03. The van der Waals surface area contributed by atoms with Crippen molar-refractivity contribution in [3.05, 3.63) is 47.5 Å². The molecular formula is C14H16O2. The molecule has 0 saturated carbocycles. The molecule has 0 fully saturated rings. The Labute approximate surface area is 95.6 Å². The number of carbonyl (C=O) groups is 1. The van der Waals surface area contributed by atoms with E-state index in [1.165, 1.54) is 0 Å². The van der Waals surface area contributed by atoms with Crippen LogP contribution in [0.1, 0.15) is 46.9 Å². The lowest BCUT2D eigenvalue weighted by molar-refractivity contribution is 0.0983. The van der Waals surface area contributed by atoms with E-state index in [1.54, 1.807) is 6.08 Å². The van der Waals surface area contributed by atoms with Gasteiger partial charge in [0, 0.05) is 12.0 Å². The summed E-state index contributed by atoms with van der Waals surface area (Å²) in [6.07, 6.45) is 4.15. The molecule has 1 N–H and O–H groups in total. The SMILES string of the molecule is C=CCCC(=O)c1cccc2c1CC[C@@H]2O. The second-order valence-electron chi connectivity index (χ2n) is 4.18. The van der Waals surface area contributed by atoms with Crippen molar-refractivity contribution in [3.8, 4) is 0 Å². The first kappa shape index (κ1) is 11.1. The van der Waals surface area contributed by atoms with Crippen molar-refractivity contribution in [1.29, 1.82) is 0 Å². The van der Waals surface area contributed by atoms with Gasteiger partial charge >= 0.3 is 0 Å². The number of hydrogen-bond acceptors (Lipinski definition) is 2. The van der Waals surface area contributed by atoms with E-state index in [1.807, 2.05) is 18.2 Å². The van der Waals surface area contributed by atoms with Crippen LogP contribution in [0.2, 0.25) is 0 Å². The molecule has 0 aliphatic heterocycles. The fraction of sp³-hybridized carbons (Fsp3) is 0.357. The second kappa shape index (κ2) is 4.62. The van der Waals surface area contributed by atoms with Crippen LogP contribution in [0, 0.1) is 0 Å². The number of rotatable bonds is 4. The monoisotopic (exact) mass is 216 g/mol. The van der Waals surface area contributed by atoms with Crippen molar-refractivity contribution in [1.82, 2.24) is 0 Å². The zero-order chi connectivity index (χ0) is 11.5. The average Bonchev–Trinajstić information content (AvgIpc) is 2.68. The van der Waals surface area contributed by atoms with E-state index >= 15 is 0 Å². The maximum Gasteiger partial charge on any atom is 0.163 e. The summed E-state index contributed by atoms with van der Waals surface area (Å²) >= 11 is 0. The van der Waals surface area contributed by atoms with Crippen molar-refractivity contribution in [2.45, 2.75) is 31.8 Å². The molecule has 1 aromatic carbocycles. The van der Waals surface area contributed by atoms with Gasteiger partial charge < -0.3 is 5.11 Å². The third-order valence-corrected chi connectivity index (χ3v) is 3.11. The summed E-state index contributed by atoms with van der Waals surface area (Å²) in [5.74, 6) is 0.158. The highest BCUT2D eigenvalue weighted by molar-refractivity contribution is 5.98. The molecule has 0 unspecified atom stereocenters. The molecule has 1 aliphatic carbocycles. The molecule has 84 valence electrons. The fourth-order valence-corrected chi connectivity index (χ4v) is 2.26. The van der Waals surface area contributed by atoms with Crippen LogP contribution in [0.4, 0.5) is 0 Å². The van der Waals surface area contributed by atoms with Gasteiger partial charge in [0.1, 0.15) is 0 Å². The molecule has 0 heterocycles. The fourth-order valence-electron chi connectivity index (χ4n) is 2.26. The molecule has 0 amide bonds. The number of aliphatic hydroxyl groups excluding tert-OH is 1. The van der Waals surface area contributed by atoms with Gasteiger partial charge in [-0.3, -0.25) is 4.79 Å². The van der Waals surface area contributed by atoms with E-state index < -0.39 is 0 Å². The number of hydrogen-bond donors (Lipinski definition) is 1. The lowest BCUT2D eigenvalue weighted by Gasteiger charge is -2.07. The zero-order valence-corrected chi connectivity index (χ0v) is 9.28. The van der Waals surface area contributed by atoms with Gasteiger partial charge in [0.05, 0.1) is 6.10 Å². The number of carbonyl (C=O) groups excluding carboxylic acids is 1. The van der Waals surface area contributed by atoms with Gasteiger partial charge in [0.15, 0.2) is 5.78 Å². The Morgan fingerprint density at radius 1 is 1.56 bits per heavy atom. The van der Waals surface area contributed by atoms with E-state index in [9.17, 15) is 9.90 Å². The van der Waals surface area contributed by atoms with Crippen LogP contribution >= 0.6 is 0 Å². The molecule has 2 heteroatoms. The van der Waals surface area contributed by atoms with Crippen LogP contribution in [0.25, 0.3) is 0 Å². The molecule has 1 atom stereocenters. The molecule has 1 aromatic rings. The van der Waals surface area contributed by atoms with Gasteiger partial charge in [0.25, 0.3) is 0 Å². The Hall–Kier alpha value is -1.41. The highest BCUT2D eigenvalue weighted by Crippen LogP contribution is 2.33. The summed E-state index contributed by atoms with van der Waals surface area (Å²) in [4.78, 5) is 11.9. The van der Waals surface area contributed by atoms with Gasteiger partial charge in [-0.2, -0.15) is 0 Å². The normalized spacial score (nSPS) is 18.2. The average molecular weight is 216 g/mol. The molecule has 0 aromatic heterocycles. The number of Topliss-reactive ketones (excluding diaryl/α,β-unsaturated/α-hetero) is 1. The predicted molar refractivity (Wildman–Crippen MR) is 63.5 cm³/mol. The molecule has 0 radical (unpaired) electrons. The van der Waals surface area contributed by atoms with E-state index in [-0.39, 0.29) is 11.9 Å². The second-order valence-corrected chi connectivity index (χ2v) is 4.18. The summed E-state index contributed by atoms with van der Waals surface area (Å²) in [5.41, 5.74) is 2.77. The van der Waals surface area contributed by atoms with Crippen molar-refractivity contribution in [3.63, 3.8) is 0 Å². The van der Waals surface area contributed by atoms with Crippen molar-refractivity contribution < 1.29 is 9.90 Å². The number of allylic oxidation sites excluding steroid dienone is 1. The number of benzene rings is 1. The molecule has 0 bridgehead atoms. The molecule has 0 spiro atoms. The molecule has 2 rings (SSSR count).